The van der Waals surface area contributed by atoms with Crippen LogP contribution in [0.4, 0.5) is 5.69 Å². The fourth-order valence-corrected chi connectivity index (χ4v) is 3.51. The third-order valence-corrected chi connectivity index (χ3v) is 6.12. The number of benzene rings is 2. The minimum absolute atomic E-state index is 0.0633. The predicted octanol–water partition coefficient (Wildman–Crippen LogP) is 3.27. The van der Waals surface area contributed by atoms with E-state index >= 15 is 0 Å². The number of ether oxygens (including phenoxy) is 2. The van der Waals surface area contributed by atoms with Gasteiger partial charge in [0.05, 0.1) is 12.1 Å². The van der Waals surface area contributed by atoms with Gasteiger partial charge in [0.1, 0.15) is 21.4 Å². The molecule has 27 heavy (non-hydrogen) atoms. The molecule has 0 saturated heterocycles. The molecule has 7 nitrogen and oxygen atoms in total. The SMILES string of the molecule is COc1ccc(NC(=O)COc2cccc(Cl)c2Cl)cc1S(=O)(=O)N(C)C. The Morgan fingerprint density at radius 2 is 1.85 bits per heavy atom. The number of amides is 1. The first-order chi connectivity index (χ1) is 12.7. The Morgan fingerprint density at radius 3 is 2.48 bits per heavy atom. The van der Waals surface area contributed by atoms with Gasteiger partial charge < -0.3 is 14.8 Å². The van der Waals surface area contributed by atoms with Crippen molar-refractivity contribution in [1.82, 2.24) is 4.31 Å². The highest BCUT2D eigenvalue weighted by Crippen LogP contribution is 2.31. The fourth-order valence-electron chi connectivity index (χ4n) is 2.09. The average molecular weight is 433 g/mol. The molecule has 2 aromatic rings. The zero-order valence-electron chi connectivity index (χ0n) is 14.8. The van der Waals surface area contributed by atoms with E-state index in [1.165, 1.54) is 39.4 Å². The Kier molecular flexibility index (Phi) is 6.94. The van der Waals surface area contributed by atoms with Gasteiger partial charge in [0.15, 0.2) is 6.61 Å². The molecular formula is C17H18Cl2N2O5S. The van der Waals surface area contributed by atoms with Crippen molar-refractivity contribution < 1.29 is 22.7 Å². The van der Waals surface area contributed by atoms with Crippen LogP contribution >= 0.6 is 23.2 Å². The third-order valence-electron chi connectivity index (χ3n) is 3.48. The first kappa shape index (κ1) is 21.3. The van der Waals surface area contributed by atoms with Crippen molar-refractivity contribution in [2.24, 2.45) is 0 Å². The van der Waals surface area contributed by atoms with E-state index in [-0.39, 0.29) is 33.7 Å². The van der Waals surface area contributed by atoms with E-state index in [1.807, 2.05) is 0 Å². The van der Waals surface area contributed by atoms with Gasteiger partial charge >= 0.3 is 0 Å². The minimum atomic E-state index is -3.75. The van der Waals surface area contributed by atoms with Gasteiger partial charge in [-0.2, -0.15) is 0 Å². The summed E-state index contributed by atoms with van der Waals surface area (Å²) in [5.74, 6) is -0.0574. The van der Waals surface area contributed by atoms with Gasteiger partial charge in [0.2, 0.25) is 10.0 Å². The number of sulfonamides is 1. The van der Waals surface area contributed by atoms with Crippen LogP contribution < -0.4 is 14.8 Å². The van der Waals surface area contributed by atoms with Crippen LogP contribution in [0.1, 0.15) is 0 Å². The summed E-state index contributed by atoms with van der Waals surface area (Å²) in [6.45, 7) is -0.331. The van der Waals surface area contributed by atoms with Crippen molar-refractivity contribution in [3.8, 4) is 11.5 Å². The van der Waals surface area contributed by atoms with Gasteiger partial charge in [-0.25, -0.2) is 12.7 Å². The fraction of sp³-hybridized carbons (Fsp3) is 0.235. The number of methoxy groups -OCH3 is 1. The minimum Gasteiger partial charge on any atom is -0.495 e. The second-order valence-corrected chi connectivity index (χ2v) is 8.45. The first-order valence-corrected chi connectivity index (χ1v) is 9.83. The van der Waals surface area contributed by atoms with Crippen LogP contribution in [-0.2, 0) is 14.8 Å². The average Bonchev–Trinajstić information content (AvgIpc) is 2.62. The van der Waals surface area contributed by atoms with Crippen molar-refractivity contribution in [2.75, 3.05) is 33.1 Å². The van der Waals surface area contributed by atoms with E-state index in [0.29, 0.717) is 5.02 Å². The van der Waals surface area contributed by atoms with Crippen LogP contribution in [0, 0.1) is 0 Å². The summed E-state index contributed by atoms with van der Waals surface area (Å²) in [6.07, 6.45) is 0. The van der Waals surface area contributed by atoms with Crippen molar-refractivity contribution in [2.45, 2.75) is 4.90 Å². The molecule has 146 valence electrons. The third kappa shape index (κ3) is 5.04. The molecule has 0 spiro atoms. The molecule has 2 rings (SSSR count). The Balaban J connectivity index is 2.15. The normalized spacial score (nSPS) is 11.3. The highest BCUT2D eigenvalue weighted by Gasteiger charge is 2.23. The van der Waals surface area contributed by atoms with Crippen molar-refractivity contribution in [3.05, 3.63) is 46.4 Å². The number of halogens is 2. The van der Waals surface area contributed by atoms with Crippen LogP contribution in [-0.4, -0.2) is 46.4 Å². The maximum Gasteiger partial charge on any atom is 0.262 e. The Labute approximate surface area is 167 Å². The Hall–Kier alpha value is -2.00. The number of carbonyl (C=O) groups excluding carboxylic acids is 1. The predicted molar refractivity (Wildman–Crippen MR) is 104 cm³/mol. The van der Waals surface area contributed by atoms with Crippen LogP contribution in [0.5, 0.6) is 11.5 Å². The van der Waals surface area contributed by atoms with E-state index < -0.39 is 15.9 Å². The monoisotopic (exact) mass is 432 g/mol. The molecule has 1 amide bonds. The maximum atomic E-state index is 12.4. The van der Waals surface area contributed by atoms with Gasteiger partial charge in [0, 0.05) is 19.8 Å². The lowest BCUT2D eigenvalue weighted by Gasteiger charge is -2.16. The molecule has 0 radical (unpaired) electrons. The Bertz CT molecular complexity index is 948. The molecule has 0 unspecified atom stereocenters. The number of carbonyl (C=O) groups is 1. The van der Waals surface area contributed by atoms with Gasteiger partial charge in [0.25, 0.3) is 5.91 Å². The second kappa shape index (κ2) is 8.79. The number of rotatable bonds is 7. The molecular weight excluding hydrogens is 415 g/mol. The summed E-state index contributed by atoms with van der Waals surface area (Å²) in [4.78, 5) is 12.1. The molecule has 0 aliphatic rings. The standard InChI is InChI=1S/C17H18Cl2N2O5S/c1-21(2)27(23,24)15-9-11(7-8-13(15)25-3)20-16(22)10-26-14-6-4-5-12(18)17(14)19/h4-9H,10H2,1-3H3,(H,20,22). The highest BCUT2D eigenvalue weighted by atomic mass is 35.5. The summed E-state index contributed by atoms with van der Waals surface area (Å²) in [5, 5.41) is 3.08. The largest absolute Gasteiger partial charge is 0.495 e. The lowest BCUT2D eigenvalue weighted by molar-refractivity contribution is -0.118. The van der Waals surface area contributed by atoms with Crippen molar-refractivity contribution in [1.29, 1.82) is 0 Å². The molecule has 2 aromatic carbocycles. The van der Waals surface area contributed by atoms with Crippen molar-refractivity contribution >= 4 is 44.8 Å². The van der Waals surface area contributed by atoms with Crippen LogP contribution in [0.2, 0.25) is 10.0 Å². The van der Waals surface area contributed by atoms with Gasteiger partial charge in [-0.3, -0.25) is 4.79 Å². The molecule has 0 fully saturated rings. The quantitative estimate of drug-likeness (QED) is 0.725. The number of hydrogen-bond donors (Lipinski definition) is 1. The zero-order valence-corrected chi connectivity index (χ0v) is 17.2. The molecule has 0 saturated carbocycles. The number of nitrogens with one attached hydrogen (secondary N) is 1. The molecule has 10 heteroatoms. The number of nitrogens with zero attached hydrogens (tertiary/aromatic N) is 1. The summed E-state index contributed by atoms with van der Waals surface area (Å²) >= 11 is 11.9. The van der Waals surface area contributed by atoms with Gasteiger partial charge in [-0.1, -0.05) is 29.3 Å². The van der Waals surface area contributed by atoms with E-state index in [0.717, 1.165) is 4.31 Å². The van der Waals surface area contributed by atoms with E-state index in [9.17, 15) is 13.2 Å². The summed E-state index contributed by atoms with van der Waals surface area (Å²) in [6, 6.07) is 9.12. The van der Waals surface area contributed by atoms with Crippen LogP contribution in [0.25, 0.3) is 0 Å². The van der Waals surface area contributed by atoms with Crippen LogP contribution in [0.15, 0.2) is 41.3 Å². The molecule has 0 bridgehead atoms. The first-order valence-electron chi connectivity index (χ1n) is 7.64. The topological polar surface area (TPSA) is 84.9 Å². The molecule has 0 aliphatic carbocycles. The van der Waals surface area contributed by atoms with Gasteiger partial charge in [-0.05, 0) is 30.3 Å². The summed E-state index contributed by atoms with van der Waals surface area (Å²) in [7, 11) is 0.427. The van der Waals surface area contributed by atoms with E-state index in [2.05, 4.69) is 5.32 Å². The second-order valence-electron chi connectivity index (χ2n) is 5.54. The van der Waals surface area contributed by atoms with Crippen LogP contribution in [0.3, 0.4) is 0 Å². The lowest BCUT2D eigenvalue weighted by atomic mass is 10.3. The molecule has 1 N–H and O–H groups in total. The smallest absolute Gasteiger partial charge is 0.262 e. The van der Waals surface area contributed by atoms with E-state index in [1.54, 1.807) is 18.2 Å². The van der Waals surface area contributed by atoms with Gasteiger partial charge in [-0.15, -0.1) is 0 Å². The van der Waals surface area contributed by atoms with E-state index in [4.69, 9.17) is 32.7 Å². The summed E-state index contributed by atoms with van der Waals surface area (Å²) in [5.41, 5.74) is 0.280. The molecule has 0 atom stereocenters. The number of hydrogen-bond acceptors (Lipinski definition) is 5. The molecule has 0 aliphatic heterocycles. The van der Waals surface area contributed by atoms with Crippen molar-refractivity contribution in [3.63, 3.8) is 0 Å². The lowest BCUT2D eigenvalue weighted by Crippen LogP contribution is -2.24. The summed E-state index contributed by atoms with van der Waals surface area (Å²) < 4.78 is 36.3. The molecule has 0 aromatic heterocycles. The Morgan fingerprint density at radius 1 is 1.15 bits per heavy atom. The maximum absolute atomic E-state index is 12.4. The number of anilines is 1. The highest BCUT2D eigenvalue weighted by molar-refractivity contribution is 7.89. The molecule has 0 heterocycles. The zero-order chi connectivity index (χ0) is 20.2.